The van der Waals surface area contributed by atoms with E-state index in [-0.39, 0.29) is 0 Å². The maximum Gasteiger partial charge on any atom is 0.0709 e. The highest BCUT2D eigenvalue weighted by molar-refractivity contribution is 5.80. The lowest BCUT2D eigenvalue weighted by Gasteiger charge is -2.05. The summed E-state index contributed by atoms with van der Waals surface area (Å²) >= 11 is 0. The van der Waals surface area contributed by atoms with E-state index in [1.165, 1.54) is 18.2 Å². The van der Waals surface area contributed by atoms with E-state index in [9.17, 15) is 0 Å². The number of allylic oxidation sites excluding steroid dienone is 1. The molecule has 0 amide bonds. The first-order chi connectivity index (χ1) is 7.81. The number of rotatable bonds is 4. The molecule has 1 nitrogen and oxygen atoms in total. The van der Waals surface area contributed by atoms with Crippen LogP contribution in [0.4, 0.5) is 0 Å². The Morgan fingerprint density at radius 2 is 2.00 bits per heavy atom. The van der Waals surface area contributed by atoms with Gasteiger partial charge in [-0.15, -0.1) is 0 Å². The summed E-state index contributed by atoms with van der Waals surface area (Å²) in [7, 11) is 0. The first-order valence-electron chi connectivity index (χ1n) is 5.85. The molecule has 0 radical (unpaired) electrons. The molecule has 0 aliphatic rings. The highest BCUT2D eigenvalue weighted by Gasteiger charge is 2.01. The summed E-state index contributed by atoms with van der Waals surface area (Å²) < 4.78 is 0. The molecule has 0 fully saturated rings. The van der Waals surface area contributed by atoms with Gasteiger partial charge in [0.25, 0.3) is 0 Å². The highest BCUT2D eigenvalue weighted by atomic mass is 14.7. The van der Waals surface area contributed by atoms with Gasteiger partial charge in [0.1, 0.15) is 0 Å². The van der Waals surface area contributed by atoms with Crippen LogP contribution in [0.1, 0.15) is 31.9 Å². The number of unbranched alkanes of at least 4 members (excludes halogenated alkanes) is 1. The average molecular weight is 211 g/mol. The molecule has 16 heavy (non-hydrogen) atoms. The first-order valence-corrected chi connectivity index (χ1v) is 5.85. The average Bonchev–Trinajstić information content (AvgIpc) is 2.35. The summed E-state index contributed by atoms with van der Waals surface area (Å²) in [4.78, 5) is 4.63. The Morgan fingerprint density at radius 1 is 1.19 bits per heavy atom. The van der Waals surface area contributed by atoms with Crippen LogP contribution in [0.5, 0.6) is 0 Å². The van der Waals surface area contributed by atoms with Gasteiger partial charge in [-0.3, -0.25) is 0 Å². The number of hydrogen-bond donors (Lipinski definition) is 0. The van der Waals surface area contributed by atoms with Crippen molar-refractivity contribution >= 4 is 16.5 Å². The molecule has 0 bridgehead atoms. The number of para-hydroxylation sites is 1. The van der Waals surface area contributed by atoms with Gasteiger partial charge in [0.05, 0.1) is 11.2 Å². The third-order valence-corrected chi connectivity index (χ3v) is 2.79. The van der Waals surface area contributed by atoms with Crippen molar-refractivity contribution in [1.82, 2.24) is 4.98 Å². The second-order valence-corrected chi connectivity index (χ2v) is 4.10. The van der Waals surface area contributed by atoms with Crippen molar-refractivity contribution in [2.24, 2.45) is 0 Å². The van der Waals surface area contributed by atoms with Crippen LogP contribution in [-0.4, -0.2) is 4.98 Å². The van der Waals surface area contributed by atoms with Crippen LogP contribution in [0.25, 0.3) is 16.5 Å². The van der Waals surface area contributed by atoms with Gasteiger partial charge in [-0.25, -0.2) is 4.98 Å². The predicted octanol–water partition coefficient (Wildman–Crippen LogP) is 4.44. The molecule has 0 atom stereocenters. The van der Waals surface area contributed by atoms with E-state index in [0.29, 0.717) is 0 Å². The third-order valence-electron chi connectivity index (χ3n) is 2.79. The molecule has 2 aromatic rings. The van der Waals surface area contributed by atoms with Crippen molar-refractivity contribution in [3.63, 3.8) is 0 Å². The zero-order valence-electron chi connectivity index (χ0n) is 9.74. The van der Waals surface area contributed by atoms with Crippen molar-refractivity contribution in [3.8, 4) is 0 Å². The molecule has 82 valence electrons. The fourth-order valence-electron chi connectivity index (χ4n) is 1.78. The molecule has 0 saturated carbocycles. The van der Waals surface area contributed by atoms with E-state index < -0.39 is 0 Å². The largest absolute Gasteiger partial charge is 0.248 e. The fraction of sp³-hybridized carbons (Fsp3) is 0.267. The van der Waals surface area contributed by atoms with E-state index in [4.69, 9.17) is 0 Å². The number of hydrogen-bond acceptors (Lipinski definition) is 1. The molecule has 1 aromatic heterocycles. The molecule has 1 aromatic carbocycles. The summed E-state index contributed by atoms with van der Waals surface area (Å²) in [5, 5.41) is 1.19. The van der Waals surface area contributed by atoms with Crippen LogP contribution in [0.15, 0.2) is 43.0 Å². The molecule has 0 aliphatic carbocycles. The standard InChI is InChI=1S/C15H17N/c1-3-4-7-12(2)14-11-10-13-8-5-6-9-15(13)16-14/h5-6,8-11H,2-4,7H2,1H3. The zero-order chi connectivity index (χ0) is 11.4. The van der Waals surface area contributed by atoms with E-state index in [1.807, 2.05) is 18.2 Å². The minimum atomic E-state index is 1.03. The van der Waals surface area contributed by atoms with Gasteiger partial charge in [-0.1, -0.05) is 44.2 Å². The van der Waals surface area contributed by atoms with Crippen molar-refractivity contribution in [3.05, 3.63) is 48.7 Å². The summed E-state index contributed by atoms with van der Waals surface area (Å²) in [6.45, 7) is 6.30. The molecular formula is C15H17N. The summed E-state index contributed by atoms with van der Waals surface area (Å²) in [6, 6.07) is 12.4. The fourth-order valence-corrected chi connectivity index (χ4v) is 1.78. The van der Waals surface area contributed by atoms with Gasteiger partial charge in [0.15, 0.2) is 0 Å². The van der Waals surface area contributed by atoms with E-state index in [0.717, 1.165) is 23.2 Å². The second-order valence-electron chi connectivity index (χ2n) is 4.10. The Hall–Kier alpha value is -1.63. The van der Waals surface area contributed by atoms with Crippen molar-refractivity contribution in [2.75, 3.05) is 0 Å². The maximum absolute atomic E-state index is 4.63. The van der Waals surface area contributed by atoms with E-state index >= 15 is 0 Å². The Kier molecular flexibility index (Phi) is 3.35. The smallest absolute Gasteiger partial charge is 0.0709 e. The second kappa shape index (κ2) is 4.93. The highest BCUT2D eigenvalue weighted by Crippen LogP contribution is 2.20. The molecule has 1 heteroatoms. The van der Waals surface area contributed by atoms with Crippen LogP contribution in [0.2, 0.25) is 0 Å². The van der Waals surface area contributed by atoms with Crippen LogP contribution < -0.4 is 0 Å². The van der Waals surface area contributed by atoms with Crippen molar-refractivity contribution in [1.29, 1.82) is 0 Å². The molecule has 0 N–H and O–H groups in total. The normalized spacial score (nSPS) is 10.6. The molecule has 0 spiro atoms. The monoisotopic (exact) mass is 211 g/mol. The van der Waals surface area contributed by atoms with Crippen molar-refractivity contribution in [2.45, 2.75) is 26.2 Å². The number of pyridine rings is 1. The van der Waals surface area contributed by atoms with Gasteiger partial charge in [-0.2, -0.15) is 0 Å². The third kappa shape index (κ3) is 2.30. The summed E-state index contributed by atoms with van der Waals surface area (Å²) in [6.07, 6.45) is 3.43. The van der Waals surface area contributed by atoms with Crippen LogP contribution in [0, 0.1) is 0 Å². The molecule has 1 heterocycles. The van der Waals surface area contributed by atoms with Gasteiger partial charge in [-0.05, 0) is 30.5 Å². The molecule has 2 rings (SSSR count). The van der Waals surface area contributed by atoms with Crippen molar-refractivity contribution < 1.29 is 0 Å². The van der Waals surface area contributed by atoms with Gasteiger partial charge < -0.3 is 0 Å². The Morgan fingerprint density at radius 3 is 2.81 bits per heavy atom. The lowest BCUT2D eigenvalue weighted by atomic mass is 10.1. The topological polar surface area (TPSA) is 12.9 Å². The summed E-state index contributed by atoms with van der Waals surface area (Å²) in [5.41, 5.74) is 3.23. The first kappa shape index (κ1) is 10.9. The SMILES string of the molecule is C=C(CCCC)c1ccc2ccccc2n1. The number of fused-ring (bicyclic) bond motifs is 1. The minimum absolute atomic E-state index is 1.03. The molecule has 0 saturated heterocycles. The van der Waals surface area contributed by atoms with Gasteiger partial charge >= 0.3 is 0 Å². The quantitative estimate of drug-likeness (QED) is 0.728. The van der Waals surface area contributed by atoms with E-state index in [2.05, 4.69) is 36.7 Å². The molecule has 0 unspecified atom stereocenters. The van der Waals surface area contributed by atoms with E-state index in [1.54, 1.807) is 0 Å². The summed E-state index contributed by atoms with van der Waals surface area (Å²) in [5.74, 6) is 0. The number of benzene rings is 1. The molecular weight excluding hydrogens is 194 g/mol. The Bertz CT molecular complexity index is 500. The zero-order valence-corrected chi connectivity index (χ0v) is 9.74. The lowest BCUT2D eigenvalue weighted by molar-refractivity contribution is 0.823. The molecule has 0 aliphatic heterocycles. The number of aromatic nitrogens is 1. The Labute approximate surface area is 96.8 Å². The lowest BCUT2D eigenvalue weighted by Crippen LogP contribution is -1.89. The van der Waals surface area contributed by atoms with Crippen LogP contribution in [0.3, 0.4) is 0 Å². The van der Waals surface area contributed by atoms with Gasteiger partial charge in [0, 0.05) is 5.39 Å². The maximum atomic E-state index is 4.63. The predicted molar refractivity (Wildman–Crippen MR) is 70.3 cm³/mol. The van der Waals surface area contributed by atoms with Crippen LogP contribution >= 0.6 is 0 Å². The van der Waals surface area contributed by atoms with Crippen LogP contribution in [-0.2, 0) is 0 Å². The van der Waals surface area contributed by atoms with Gasteiger partial charge in [0.2, 0.25) is 0 Å². The number of nitrogens with zero attached hydrogens (tertiary/aromatic N) is 1. The Balaban J connectivity index is 2.28. The minimum Gasteiger partial charge on any atom is -0.248 e.